The van der Waals surface area contributed by atoms with Crippen molar-refractivity contribution in [1.29, 1.82) is 0 Å². The second kappa shape index (κ2) is 13.1. The first-order valence-electron chi connectivity index (χ1n) is 13.2. The zero-order valence-corrected chi connectivity index (χ0v) is 24.8. The van der Waals surface area contributed by atoms with E-state index in [0.29, 0.717) is 10.0 Å². The molecule has 3 aromatic rings. The van der Waals surface area contributed by atoms with Gasteiger partial charge in [0.2, 0.25) is 11.8 Å². The predicted octanol–water partition coefficient (Wildman–Crippen LogP) is 5.97. The van der Waals surface area contributed by atoms with Crippen molar-refractivity contribution in [2.45, 2.75) is 63.1 Å². The van der Waals surface area contributed by atoms with Gasteiger partial charge in [-0.2, -0.15) is 0 Å². The van der Waals surface area contributed by atoms with Gasteiger partial charge in [0.05, 0.1) is 10.6 Å². The number of halogens is 2. The van der Waals surface area contributed by atoms with E-state index in [0.717, 1.165) is 41.1 Å². The van der Waals surface area contributed by atoms with Crippen LogP contribution in [0.25, 0.3) is 0 Å². The SMILES string of the molecule is Cc1ccc(S(=O)(=O)N(CC(=O)N(Cc2cccc(Cl)c2)C(C)C(=O)NC2CCCC2)c2cccc(Cl)c2)cc1. The van der Waals surface area contributed by atoms with Crippen molar-refractivity contribution in [2.24, 2.45) is 0 Å². The van der Waals surface area contributed by atoms with Gasteiger partial charge < -0.3 is 10.2 Å². The molecule has 1 unspecified atom stereocenters. The molecule has 40 heavy (non-hydrogen) atoms. The van der Waals surface area contributed by atoms with Crippen LogP contribution in [-0.4, -0.2) is 43.8 Å². The van der Waals surface area contributed by atoms with Crippen molar-refractivity contribution in [3.8, 4) is 0 Å². The number of carbonyl (C=O) groups excluding carboxylic acids is 2. The standard InChI is InChI=1S/C30H33Cl2N3O4S/c1-21-13-15-28(16-14-21)40(38,39)35(27-12-6-9-25(32)18-27)20-29(36)34(19-23-7-5-8-24(31)17-23)22(2)30(37)33-26-10-3-4-11-26/h5-9,12-18,22,26H,3-4,10-11,19-20H2,1-2H3,(H,33,37). The van der Waals surface area contributed by atoms with Crippen LogP contribution in [0, 0.1) is 6.92 Å². The fraction of sp³-hybridized carbons (Fsp3) is 0.333. The fourth-order valence-corrected chi connectivity index (χ4v) is 6.61. The molecule has 7 nitrogen and oxygen atoms in total. The van der Waals surface area contributed by atoms with Crippen molar-refractivity contribution in [3.05, 3.63) is 94.0 Å². The Labute approximate surface area is 246 Å². The Morgan fingerprint density at radius 2 is 1.57 bits per heavy atom. The third-order valence-corrected chi connectivity index (χ3v) is 9.35. The Morgan fingerprint density at radius 3 is 2.20 bits per heavy atom. The van der Waals surface area contributed by atoms with Crippen LogP contribution in [0.3, 0.4) is 0 Å². The van der Waals surface area contributed by atoms with Crippen LogP contribution in [0.15, 0.2) is 77.7 Å². The molecule has 1 fully saturated rings. The van der Waals surface area contributed by atoms with Crippen LogP contribution >= 0.6 is 23.2 Å². The van der Waals surface area contributed by atoms with Crippen molar-refractivity contribution < 1.29 is 18.0 Å². The lowest BCUT2D eigenvalue weighted by molar-refractivity contribution is -0.139. The zero-order valence-electron chi connectivity index (χ0n) is 22.5. The van der Waals surface area contributed by atoms with Crippen LogP contribution in [0.5, 0.6) is 0 Å². The number of nitrogens with zero attached hydrogens (tertiary/aromatic N) is 2. The summed E-state index contributed by atoms with van der Waals surface area (Å²) in [6, 6.07) is 19.0. The molecule has 0 saturated heterocycles. The third-order valence-electron chi connectivity index (χ3n) is 7.09. The van der Waals surface area contributed by atoms with Gasteiger partial charge in [0.25, 0.3) is 10.0 Å². The summed E-state index contributed by atoms with van der Waals surface area (Å²) in [5.41, 5.74) is 1.86. The summed E-state index contributed by atoms with van der Waals surface area (Å²) in [6.45, 7) is 3.07. The Bertz CT molecular complexity index is 1460. The molecular weight excluding hydrogens is 569 g/mol. The Balaban J connectivity index is 1.69. The normalized spacial score (nSPS) is 14.5. The van der Waals surface area contributed by atoms with Crippen molar-refractivity contribution in [1.82, 2.24) is 10.2 Å². The Kier molecular flexibility index (Phi) is 9.77. The first kappa shape index (κ1) is 29.9. The number of nitrogens with one attached hydrogen (secondary N) is 1. The predicted molar refractivity (Wildman–Crippen MR) is 159 cm³/mol. The van der Waals surface area contributed by atoms with E-state index in [2.05, 4.69) is 5.32 Å². The minimum absolute atomic E-state index is 0.0410. The summed E-state index contributed by atoms with van der Waals surface area (Å²) in [7, 11) is -4.15. The summed E-state index contributed by atoms with van der Waals surface area (Å²) >= 11 is 12.4. The molecule has 1 atom stereocenters. The van der Waals surface area contributed by atoms with E-state index < -0.39 is 28.5 Å². The molecule has 4 rings (SSSR count). The van der Waals surface area contributed by atoms with Crippen LogP contribution in [-0.2, 0) is 26.2 Å². The molecule has 0 bridgehead atoms. The second-order valence-electron chi connectivity index (χ2n) is 10.1. The first-order valence-corrected chi connectivity index (χ1v) is 15.4. The van der Waals surface area contributed by atoms with Gasteiger partial charge in [-0.1, -0.05) is 71.9 Å². The number of sulfonamides is 1. The summed E-state index contributed by atoms with van der Waals surface area (Å²) in [6.07, 6.45) is 3.90. The van der Waals surface area contributed by atoms with Gasteiger partial charge in [0.15, 0.2) is 0 Å². The minimum atomic E-state index is -4.15. The Morgan fingerprint density at radius 1 is 0.950 bits per heavy atom. The number of anilines is 1. The minimum Gasteiger partial charge on any atom is -0.352 e. The average molecular weight is 603 g/mol. The number of carbonyl (C=O) groups is 2. The van der Waals surface area contributed by atoms with E-state index in [1.165, 1.54) is 23.1 Å². The summed E-state index contributed by atoms with van der Waals surface area (Å²) in [4.78, 5) is 28.7. The highest BCUT2D eigenvalue weighted by Gasteiger charge is 2.33. The van der Waals surface area contributed by atoms with Gasteiger partial charge in [-0.25, -0.2) is 8.42 Å². The second-order valence-corrected chi connectivity index (χ2v) is 12.9. The zero-order chi connectivity index (χ0) is 28.9. The average Bonchev–Trinajstić information content (AvgIpc) is 3.43. The molecule has 0 aliphatic heterocycles. The highest BCUT2D eigenvalue weighted by molar-refractivity contribution is 7.92. The Hall–Kier alpha value is -3.07. The molecule has 2 amide bonds. The van der Waals surface area contributed by atoms with Gasteiger partial charge in [-0.05, 0) is 74.7 Å². The molecule has 212 valence electrons. The molecule has 0 radical (unpaired) electrons. The number of hydrogen-bond donors (Lipinski definition) is 1. The lowest BCUT2D eigenvalue weighted by atomic mass is 10.1. The lowest BCUT2D eigenvalue weighted by Gasteiger charge is -2.32. The molecule has 0 spiro atoms. The third kappa shape index (κ3) is 7.36. The van der Waals surface area contributed by atoms with E-state index in [9.17, 15) is 18.0 Å². The van der Waals surface area contributed by atoms with Gasteiger partial charge >= 0.3 is 0 Å². The number of benzene rings is 3. The van der Waals surface area contributed by atoms with Gasteiger partial charge in [0.1, 0.15) is 12.6 Å². The molecule has 1 saturated carbocycles. The number of rotatable bonds is 10. The van der Waals surface area contributed by atoms with Crippen LogP contribution in [0.4, 0.5) is 5.69 Å². The quantitative estimate of drug-likeness (QED) is 0.310. The van der Waals surface area contributed by atoms with E-state index in [-0.39, 0.29) is 29.1 Å². The van der Waals surface area contributed by atoms with Crippen molar-refractivity contribution in [3.63, 3.8) is 0 Å². The molecule has 10 heteroatoms. The maximum atomic E-state index is 14.0. The van der Waals surface area contributed by atoms with Gasteiger partial charge in [-0.3, -0.25) is 13.9 Å². The molecule has 0 heterocycles. The molecule has 1 aliphatic rings. The topological polar surface area (TPSA) is 86.8 Å². The van der Waals surface area contributed by atoms with Crippen LogP contribution in [0.2, 0.25) is 10.0 Å². The largest absolute Gasteiger partial charge is 0.352 e. The van der Waals surface area contributed by atoms with E-state index >= 15 is 0 Å². The van der Waals surface area contributed by atoms with Gasteiger partial charge in [0, 0.05) is 22.6 Å². The van der Waals surface area contributed by atoms with Crippen molar-refractivity contribution >= 4 is 50.7 Å². The number of aryl methyl sites for hydroxylation is 1. The van der Waals surface area contributed by atoms with Crippen molar-refractivity contribution in [2.75, 3.05) is 10.8 Å². The molecular formula is C30H33Cl2N3O4S. The number of amides is 2. The number of hydrogen-bond acceptors (Lipinski definition) is 4. The summed E-state index contributed by atoms with van der Waals surface area (Å²) in [5.74, 6) is -0.817. The molecule has 0 aromatic heterocycles. The fourth-order valence-electron chi connectivity index (χ4n) is 4.80. The van der Waals surface area contributed by atoms with Gasteiger partial charge in [-0.15, -0.1) is 0 Å². The molecule has 1 N–H and O–H groups in total. The maximum absolute atomic E-state index is 14.0. The van der Waals surface area contributed by atoms with Crippen LogP contribution in [0.1, 0.15) is 43.7 Å². The van der Waals surface area contributed by atoms with E-state index in [4.69, 9.17) is 23.2 Å². The molecule has 1 aliphatic carbocycles. The summed E-state index contributed by atoms with van der Waals surface area (Å²) in [5, 5.41) is 3.88. The molecule has 3 aromatic carbocycles. The first-order chi connectivity index (χ1) is 19.0. The van der Waals surface area contributed by atoms with E-state index in [1.807, 2.05) is 13.0 Å². The van der Waals surface area contributed by atoms with Crippen LogP contribution < -0.4 is 9.62 Å². The highest BCUT2D eigenvalue weighted by atomic mass is 35.5. The summed E-state index contributed by atoms with van der Waals surface area (Å²) < 4.78 is 28.8. The monoisotopic (exact) mass is 601 g/mol. The highest BCUT2D eigenvalue weighted by Crippen LogP contribution is 2.27. The van der Waals surface area contributed by atoms with E-state index in [1.54, 1.807) is 55.5 Å². The smallest absolute Gasteiger partial charge is 0.264 e. The maximum Gasteiger partial charge on any atom is 0.264 e. The lowest BCUT2D eigenvalue weighted by Crippen LogP contribution is -2.52.